The Balaban J connectivity index is 1.94. The van der Waals surface area contributed by atoms with Gasteiger partial charge in [0.05, 0.1) is 0 Å². The fourth-order valence-electron chi connectivity index (χ4n) is 2.22. The lowest BCUT2D eigenvalue weighted by Gasteiger charge is -2.11. The molecule has 3 heteroatoms. The molecule has 0 aliphatic heterocycles. The van der Waals surface area contributed by atoms with E-state index in [9.17, 15) is 0 Å². The van der Waals surface area contributed by atoms with Crippen LogP contribution in [-0.4, -0.2) is 11.0 Å². The van der Waals surface area contributed by atoms with Gasteiger partial charge in [0.2, 0.25) is 0 Å². The average Bonchev–Trinajstić information content (AvgIpc) is 3.21. The van der Waals surface area contributed by atoms with Gasteiger partial charge in [0.25, 0.3) is 0 Å². The first-order chi connectivity index (χ1) is 9.22. The summed E-state index contributed by atoms with van der Waals surface area (Å²) in [6.07, 6.45) is 6.37. The maximum absolute atomic E-state index is 6.14. The zero-order valence-electron chi connectivity index (χ0n) is 11.0. The van der Waals surface area contributed by atoms with Gasteiger partial charge in [-0.1, -0.05) is 17.7 Å². The second-order valence-electron chi connectivity index (χ2n) is 5.21. The van der Waals surface area contributed by atoms with Crippen LogP contribution in [-0.2, 0) is 6.54 Å². The molecule has 0 amide bonds. The zero-order valence-corrected chi connectivity index (χ0v) is 11.7. The summed E-state index contributed by atoms with van der Waals surface area (Å²) in [5, 5.41) is 4.32. The molecule has 1 fully saturated rings. The maximum Gasteiger partial charge on any atom is 0.0412 e. The molecule has 0 unspecified atom stereocenters. The van der Waals surface area contributed by atoms with E-state index in [1.54, 1.807) is 0 Å². The van der Waals surface area contributed by atoms with Gasteiger partial charge in [-0.05, 0) is 54.7 Å². The highest BCUT2D eigenvalue weighted by Gasteiger charge is 2.20. The first kappa shape index (κ1) is 12.6. The van der Waals surface area contributed by atoms with Gasteiger partial charge in [-0.3, -0.25) is 4.98 Å². The molecule has 0 bridgehead atoms. The second-order valence-corrected chi connectivity index (χ2v) is 5.64. The molecule has 1 aromatic heterocycles. The van der Waals surface area contributed by atoms with Crippen molar-refractivity contribution in [3.63, 3.8) is 0 Å². The molecule has 1 saturated carbocycles. The molecular weight excluding hydrogens is 256 g/mol. The van der Waals surface area contributed by atoms with Crippen LogP contribution in [0.15, 0.2) is 36.7 Å². The Kier molecular flexibility index (Phi) is 3.54. The minimum Gasteiger partial charge on any atom is -0.310 e. The zero-order chi connectivity index (χ0) is 13.2. The highest BCUT2D eigenvalue weighted by Crippen LogP contribution is 2.28. The molecule has 2 aromatic rings. The fourth-order valence-corrected chi connectivity index (χ4v) is 2.39. The lowest BCUT2D eigenvalue weighted by molar-refractivity contribution is 0.689. The van der Waals surface area contributed by atoms with E-state index in [1.165, 1.54) is 29.5 Å². The number of nitrogens with zero attached hydrogens (tertiary/aromatic N) is 1. The van der Waals surface area contributed by atoms with Crippen molar-refractivity contribution < 1.29 is 0 Å². The number of nitrogens with one attached hydrogen (secondary N) is 1. The van der Waals surface area contributed by atoms with E-state index in [1.807, 2.05) is 24.5 Å². The summed E-state index contributed by atoms with van der Waals surface area (Å²) in [5.74, 6) is 0. The van der Waals surface area contributed by atoms with Crippen LogP contribution in [0.5, 0.6) is 0 Å². The van der Waals surface area contributed by atoms with E-state index in [2.05, 4.69) is 29.4 Å². The van der Waals surface area contributed by atoms with E-state index in [4.69, 9.17) is 11.6 Å². The third kappa shape index (κ3) is 3.14. The van der Waals surface area contributed by atoms with Crippen molar-refractivity contribution in [2.45, 2.75) is 32.4 Å². The van der Waals surface area contributed by atoms with Crippen LogP contribution in [0.2, 0.25) is 5.02 Å². The minimum atomic E-state index is 0.708. The number of hydrogen-bond acceptors (Lipinski definition) is 2. The Labute approximate surface area is 118 Å². The lowest BCUT2D eigenvalue weighted by atomic mass is 10.00. The summed E-state index contributed by atoms with van der Waals surface area (Å²) in [5.41, 5.74) is 4.76. The highest BCUT2D eigenvalue weighted by atomic mass is 35.5. The molecular formula is C16H17ClN2. The van der Waals surface area contributed by atoms with E-state index in [0.29, 0.717) is 6.04 Å². The maximum atomic E-state index is 6.14. The summed E-state index contributed by atoms with van der Waals surface area (Å²) in [6, 6.07) is 8.95. The predicted molar refractivity (Wildman–Crippen MR) is 79.3 cm³/mol. The van der Waals surface area contributed by atoms with Crippen molar-refractivity contribution >= 4 is 11.6 Å². The molecule has 2 nitrogen and oxygen atoms in total. The number of pyridine rings is 1. The quantitative estimate of drug-likeness (QED) is 0.911. The molecule has 3 rings (SSSR count). The molecule has 98 valence electrons. The summed E-state index contributed by atoms with van der Waals surface area (Å²) < 4.78 is 0. The van der Waals surface area contributed by atoms with Crippen molar-refractivity contribution in [3.05, 3.63) is 52.8 Å². The third-order valence-corrected chi connectivity index (χ3v) is 3.65. The van der Waals surface area contributed by atoms with E-state index < -0.39 is 0 Å². The van der Waals surface area contributed by atoms with Gasteiger partial charge in [-0.15, -0.1) is 0 Å². The molecule has 0 radical (unpaired) electrons. The number of aryl methyl sites for hydroxylation is 1. The first-order valence-corrected chi connectivity index (χ1v) is 7.04. The predicted octanol–water partition coefficient (Wildman–Crippen LogP) is 3.96. The topological polar surface area (TPSA) is 24.9 Å². The van der Waals surface area contributed by atoms with Gasteiger partial charge < -0.3 is 5.32 Å². The number of aromatic nitrogens is 1. The largest absolute Gasteiger partial charge is 0.310 e. The van der Waals surface area contributed by atoms with E-state index in [-0.39, 0.29) is 0 Å². The molecule has 1 heterocycles. The molecule has 1 aliphatic carbocycles. The normalized spacial score (nSPS) is 14.6. The van der Waals surface area contributed by atoms with Gasteiger partial charge in [0, 0.05) is 35.6 Å². The molecule has 0 atom stereocenters. The smallest absolute Gasteiger partial charge is 0.0412 e. The van der Waals surface area contributed by atoms with Gasteiger partial charge in [-0.2, -0.15) is 0 Å². The van der Waals surface area contributed by atoms with E-state index >= 15 is 0 Å². The van der Waals surface area contributed by atoms with Gasteiger partial charge in [-0.25, -0.2) is 0 Å². The van der Waals surface area contributed by atoms with Crippen molar-refractivity contribution in [2.24, 2.45) is 0 Å². The van der Waals surface area contributed by atoms with Crippen LogP contribution in [0.1, 0.15) is 24.0 Å². The molecule has 1 N–H and O–H groups in total. The Bertz CT molecular complexity index is 591. The lowest BCUT2D eigenvalue weighted by Crippen LogP contribution is -2.15. The standard InChI is InChI=1S/C16H17ClN2/c1-11-6-13(9-18-8-11)16-7-14(17)3-2-12(16)10-19-15-4-5-15/h2-3,6-9,15,19H,4-5,10H2,1H3. The van der Waals surface area contributed by atoms with Crippen molar-refractivity contribution in [1.29, 1.82) is 0 Å². The average molecular weight is 273 g/mol. The molecule has 1 aromatic carbocycles. The number of hydrogen-bond donors (Lipinski definition) is 1. The summed E-state index contributed by atoms with van der Waals surface area (Å²) in [7, 11) is 0. The minimum absolute atomic E-state index is 0.708. The van der Waals surface area contributed by atoms with Crippen LogP contribution < -0.4 is 5.32 Å². The number of benzene rings is 1. The van der Waals surface area contributed by atoms with Crippen molar-refractivity contribution in [3.8, 4) is 11.1 Å². The summed E-state index contributed by atoms with van der Waals surface area (Å²) in [6.45, 7) is 2.95. The third-order valence-electron chi connectivity index (χ3n) is 3.42. The van der Waals surface area contributed by atoms with Crippen LogP contribution in [0.25, 0.3) is 11.1 Å². The highest BCUT2D eigenvalue weighted by molar-refractivity contribution is 6.30. The SMILES string of the molecule is Cc1cncc(-c2cc(Cl)ccc2CNC2CC2)c1. The number of rotatable bonds is 4. The Morgan fingerprint density at radius 2 is 2.11 bits per heavy atom. The first-order valence-electron chi connectivity index (χ1n) is 6.66. The second kappa shape index (κ2) is 5.32. The van der Waals surface area contributed by atoms with Crippen LogP contribution in [0.4, 0.5) is 0 Å². The van der Waals surface area contributed by atoms with Crippen LogP contribution >= 0.6 is 11.6 Å². The number of halogens is 1. The Hall–Kier alpha value is -1.38. The molecule has 1 aliphatic rings. The monoisotopic (exact) mass is 272 g/mol. The summed E-state index contributed by atoms with van der Waals surface area (Å²) >= 11 is 6.14. The molecule has 0 spiro atoms. The summed E-state index contributed by atoms with van der Waals surface area (Å²) in [4.78, 5) is 4.28. The Morgan fingerprint density at radius 3 is 2.84 bits per heavy atom. The Morgan fingerprint density at radius 1 is 1.26 bits per heavy atom. The van der Waals surface area contributed by atoms with Crippen molar-refractivity contribution in [1.82, 2.24) is 10.3 Å². The van der Waals surface area contributed by atoms with Gasteiger partial charge in [0.1, 0.15) is 0 Å². The fraction of sp³-hybridized carbons (Fsp3) is 0.312. The molecule has 0 saturated heterocycles. The van der Waals surface area contributed by atoms with Crippen molar-refractivity contribution in [2.75, 3.05) is 0 Å². The van der Waals surface area contributed by atoms with Crippen LogP contribution in [0.3, 0.4) is 0 Å². The molecule has 19 heavy (non-hydrogen) atoms. The van der Waals surface area contributed by atoms with Crippen LogP contribution in [0, 0.1) is 6.92 Å². The van der Waals surface area contributed by atoms with Gasteiger partial charge in [0.15, 0.2) is 0 Å². The van der Waals surface area contributed by atoms with E-state index in [0.717, 1.165) is 17.1 Å². The van der Waals surface area contributed by atoms with Gasteiger partial charge >= 0.3 is 0 Å².